The first kappa shape index (κ1) is 12.2. The van der Waals surface area contributed by atoms with Crippen molar-refractivity contribution in [3.8, 4) is 5.75 Å². The van der Waals surface area contributed by atoms with Crippen molar-refractivity contribution in [1.82, 2.24) is 5.32 Å². The number of hydrogen-bond donors (Lipinski definition) is 1. The number of benzene rings is 1. The summed E-state index contributed by atoms with van der Waals surface area (Å²) in [6, 6.07) is 7.09. The third-order valence-corrected chi connectivity index (χ3v) is 3.63. The van der Waals surface area contributed by atoms with Crippen LogP contribution in [0.5, 0.6) is 5.75 Å². The lowest BCUT2D eigenvalue weighted by atomic mass is 10.1. The smallest absolute Gasteiger partial charge is 0.122 e. The van der Waals surface area contributed by atoms with Crippen LogP contribution in [0.2, 0.25) is 0 Å². The van der Waals surface area contributed by atoms with Crippen LogP contribution < -0.4 is 15.0 Å². The van der Waals surface area contributed by atoms with Crippen molar-refractivity contribution in [2.24, 2.45) is 0 Å². The van der Waals surface area contributed by atoms with Gasteiger partial charge in [0.15, 0.2) is 0 Å². The Kier molecular flexibility index (Phi) is 3.89. The van der Waals surface area contributed by atoms with Crippen LogP contribution in [0, 0.1) is 0 Å². The summed E-state index contributed by atoms with van der Waals surface area (Å²) in [6.07, 6.45) is 2.23. The van der Waals surface area contributed by atoms with Gasteiger partial charge in [0.2, 0.25) is 0 Å². The van der Waals surface area contributed by atoms with Gasteiger partial charge in [0.25, 0.3) is 0 Å². The van der Waals surface area contributed by atoms with E-state index in [1.165, 1.54) is 17.7 Å². The summed E-state index contributed by atoms with van der Waals surface area (Å²) in [7, 11) is 3.91. The van der Waals surface area contributed by atoms with Crippen LogP contribution in [-0.4, -0.2) is 33.3 Å². The Bertz CT molecular complexity index is 372. The molecule has 1 heterocycles. The van der Waals surface area contributed by atoms with Crippen LogP contribution >= 0.6 is 0 Å². The third kappa shape index (κ3) is 2.55. The second kappa shape index (κ2) is 5.41. The molecule has 1 aromatic rings. The fraction of sp³-hybridized carbons (Fsp3) is 0.571. The van der Waals surface area contributed by atoms with Gasteiger partial charge in [-0.1, -0.05) is 6.92 Å². The molecule has 1 aromatic carbocycles. The van der Waals surface area contributed by atoms with E-state index in [0.717, 1.165) is 25.3 Å². The zero-order valence-electron chi connectivity index (χ0n) is 11.0. The molecule has 0 aliphatic carbocycles. The zero-order valence-corrected chi connectivity index (χ0v) is 11.0. The maximum absolute atomic E-state index is 5.37. The summed E-state index contributed by atoms with van der Waals surface area (Å²) < 4.78 is 5.37. The largest absolute Gasteiger partial charge is 0.496 e. The molecule has 3 heteroatoms. The van der Waals surface area contributed by atoms with Gasteiger partial charge in [0.05, 0.1) is 7.11 Å². The van der Waals surface area contributed by atoms with Crippen molar-refractivity contribution in [3.63, 3.8) is 0 Å². The highest BCUT2D eigenvalue weighted by Gasteiger charge is 2.19. The lowest BCUT2D eigenvalue weighted by molar-refractivity contribution is 0.410. The molecular formula is C14H22N2O. The summed E-state index contributed by atoms with van der Waals surface area (Å²) in [5.74, 6) is 0.995. The Morgan fingerprint density at radius 3 is 2.88 bits per heavy atom. The number of methoxy groups -OCH3 is 1. The minimum atomic E-state index is 0.619. The Morgan fingerprint density at radius 1 is 1.47 bits per heavy atom. The van der Waals surface area contributed by atoms with Crippen molar-refractivity contribution < 1.29 is 4.74 Å². The molecule has 1 fully saturated rings. The molecule has 1 aliphatic rings. The summed E-state index contributed by atoms with van der Waals surface area (Å²) >= 11 is 0. The first-order valence-electron chi connectivity index (χ1n) is 6.36. The van der Waals surface area contributed by atoms with Crippen LogP contribution in [0.3, 0.4) is 0 Å². The van der Waals surface area contributed by atoms with E-state index in [2.05, 4.69) is 42.4 Å². The average molecular weight is 234 g/mol. The fourth-order valence-corrected chi connectivity index (χ4v) is 2.44. The Hall–Kier alpha value is -1.22. The predicted molar refractivity (Wildman–Crippen MR) is 72.0 cm³/mol. The molecule has 0 aromatic heterocycles. The fourth-order valence-electron chi connectivity index (χ4n) is 2.44. The molecule has 0 bridgehead atoms. The molecule has 1 atom stereocenters. The quantitative estimate of drug-likeness (QED) is 0.863. The van der Waals surface area contributed by atoms with E-state index < -0.39 is 0 Å². The maximum Gasteiger partial charge on any atom is 0.122 e. The Balaban J connectivity index is 2.20. The van der Waals surface area contributed by atoms with Gasteiger partial charge in [-0.2, -0.15) is 0 Å². The lowest BCUT2D eigenvalue weighted by Crippen LogP contribution is -2.33. The molecule has 0 radical (unpaired) electrons. The van der Waals surface area contributed by atoms with Gasteiger partial charge in [-0.05, 0) is 43.1 Å². The SMILES string of the molecule is CCc1cc(N(C)C2CCNC2)ccc1OC. The first-order chi connectivity index (χ1) is 8.26. The van der Waals surface area contributed by atoms with Gasteiger partial charge in [-0.3, -0.25) is 0 Å². The van der Waals surface area contributed by atoms with Crippen LogP contribution in [0.1, 0.15) is 18.9 Å². The second-order valence-electron chi connectivity index (χ2n) is 4.61. The monoisotopic (exact) mass is 234 g/mol. The van der Waals surface area contributed by atoms with Crippen molar-refractivity contribution >= 4 is 5.69 Å². The number of hydrogen-bond acceptors (Lipinski definition) is 3. The minimum Gasteiger partial charge on any atom is -0.496 e. The van der Waals surface area contributed by atoms with Gasteiger partial charge in [0, 0.05) is 25.3 Å². The number of ether oxygens (including phenoxy) is 1. The summed E-state index contributed by atoms with van der Waals surface area (Å²) in [4.78, 5) is 2.37. The molecule has 1 N–H and O–H groups in total. The molecule has 0 spiro atoms. The first-order valence-corrected chi connectivity index (χ1v) is 6.36. The highest BCUT2D eigenvalue weighted by Crippen LogP contribution is 2.26. The summed E-state index contributed by atoms with van der Waals surface area (Å²) in [5.41, 5.74) is 2.57. The Morgan fingerprint density at radius 2 is 2.29 bits per heavy atom. The normalized spacial score (nSPS) is 19.4. The number of likely N-dealkylation sites (N-methyl/N-ethyl adjacent to an activating group) is 1. The molecule has 17 heavy (non-hydrogen) atoms. The molecular weight excluding hydrogens is 212 g/mol. The number of nitrogens with one attached hydrogen (secondary N) is 1. The molecule has 1 unspecified atom stereocenters. The van der Waals surface area contributed by atoms with Crippen LogP contribution in [0.4, 0.5) is 5.69 Å². The summed E-state index contributed by atoms with van der Waals surface area (Å²) in [5, 5.41) is 3.41. The number of nitrogens with zero attached hydrogens (tertiary/aromatic N) is 1. The predicted octanol–water partition coefficient (Wildman–Crippen LogP) is 2.06. The average Bonchev–Trinajstić information content (AvgIpc) is 2.90. The zero-order chi connectivity index (χ0) is 12.3. The van der Waals surface area contributed by atoms with E-state index in [1.54, 1.807) is 7.11 Å². The van der Waals surface area contributed by atoms with E-state index in [9.17, 15) is 0 Å². The Labute approximate surface area is 104 Å². The van der Waals surface area contributed by atoms with Crippen LogP contribution in [-0.2, 0) is 6.42 Å². The molecule has 2 rings (SSSR count). The summed E-state index contributed by atoms with van der Waals surface area (Å²) in [6.45, 7) is 4.38. The highest BCUT2D eigenvalue weighted by atomic mass is 16.5. The van der Waals surface area contributed by atoms with E-state index in [0.29, 0.717) is 6.04 Å². The third-order valence-electron chi connectivity index (χ3n) is 3.63. The van der Waals surface area contributed by atoms with Crippen LogP contribution in [0.15, 0.2) is 18.2 Å². The van der Waals surface area contributed by atoms with Gasteiger partial charge in [-0.25, -0.2) is 0 Å². The molecule has 94 valence electrons. The van der Waals surface area contributed by atoms with Gasteiger partial charge < -0.3 is 15.0 Å². The standard InChI is InChI=1S/C14H22N2O/c1-4-11-9-12(5-6-14(11)17-3)16(2)13-7-8-15-10-13/h5-6,9,13,15H,4,7-8,10H2,1-3H3. The van der Waals surface area contributed by atoms with Crippen molar-refractivity contribution in [2.45, 2.75) is 25.8 Å². The minimum absolute atomic E-state index is 0.619. The van der Waals surface area contributed by atoms with Crippen molar-refractivity contribution in [3.05, 3.63) is 23.8 Å². The molecule has 0 amide bonds. The number of aryl methyl sites for hydroxylation is 1. The number of anilines is 1. The van der Waals surface area contributed by atoms with E-state index >= 15 is 0 Å². The van der Waals surface area contributed by atoms with E-state index in [-0.39, 0.29) is 0 Å². The van der Waals surface area contributed by atoms with E-state index in [4.69, 9.17) is 4.74 Å². The molecule has 1 saturated heterocycles. The molecule has 3 nitrogen and oxygen atoms in total. The topological polar surface area (TPSA) is 24.5 Å². The maximum atomic E-state index is 5.37. The van der Waals surface area contributed by atoms with Crippen molar-refractivity contribution in [2.75, 3.05) is 32.1 Å². The van der Waals surface area contributed by atoms with Crippen molar-refractivity contribution in [1.29, 1.82) is 0 Å². The van der Waals surface area contributed by atoms with Gasteiger partial charge >= 0.3 is 0 Å². The van der Waals surface area contributed by atoms with Gasteiger partial charge in [-0.15, -0.1) is 0 Å². The van der Waals surface area contributed by atoms with Crippen LogP contribution in [0.25, 0.3) is 0 Å². The molecule has 1 aliphatic heterocycles. The van der Waals surface area contributed by atoms with E-state index in [1.807, 2.05) is 0 Å². The molecule has 0 saturated carbocycles. The van der Waals surface area contributed by atoms with Gasteiger partial charge in [0.1, 0.15) is 5.75 Å². The number of rotatable bonds is 4. The lowest BCUT2D eigenvalue weighted by Gasteiger charge is -2.26. The highest BCUT2D eigenvalue weighted by molar-refractivity contribution is 5.53. The second-order valence-corrected chi connectivity index (χ2v) is 4.61.